The summed E-state index contributed by atoms with van der Waals surface area (Å²) >= 11 is 0. The number of nitrogens with two attached hydrogens (primary N) is 1. The first-order valence-corrected chi connectivity index (χ1v) is 3.82. The third kappa shape index (κ3) is 7.29. The number of carbonyl (C=O) groups excluding carboxylic acids is 1. The van der Waals surface area contributed by atoms with Gasteiger partial charge in [-0.3, -0.25) is 4.79 Å². The molecule has 1 amide bonds. The van der Waals surface area contributed by atoms with Crippen LogP contribution < -0.4 is 11.1 Å². The van der Waals surface area contributed by atoms with Gasteiger partial charge in [0.15, 0.2) is 0 Å². The summed E-state index contributed by atoms with van der Waals surface area (Å²) in [4.78, 5) is 9.67. The van der Waals surface area contributed by atoms with E-state index in [2.05, 4.69) is 11.1 Å². The second-order valence-electron chi connectivity index (χ2n) is 2.54. The first-order chi connectivity index (χ1) is 5.14. The second-order valence-corrected chi connectivity index (χ2v) is 2.54. The topological polar surface area (TPSA) is 75.3 Å². The fourth-order valence-corrected chi connectivity index (χ4v) is 0.625. The van der Waals surface area contributed by atoms with Crippen molar-refractivity contribution in [1.29, 1.82) is 0 Å². The molecule has 1 fully saturated rings. The summed E-state index contributed by atoms with van der Waals surface area (Å²) in [5, 5.41) is 11.4. The molecule has 4 heteroatoms. The minimum Gasteiger partial charge on any atom is -0.384 e. The minimum absolute atomic E-state index is 0.685. The zero-order valence-corrected chi connectivity index (χ0v) is 6.84. The Labute approximate surface area is 66.8 Å². The molecular formula is C7H16N2O2. The third-order valence-corrected chi connectivity index (χ3v) is 1.37. The molecule has 4 N–H and O–H groups in total. The van der Waals surface area contributed by atoms with Crippen LogP contribution in [0, 0.1) is 0 Å². The quantitative estimate of drug-likeness (QED) is 0.471. The number of hydrogen-bond donors (Lipinski definition) is 3. The van der Waals surface area contributed by atoms with Crippen LogP contribution in [0.3, 0.4) is 0 Å². The molecule has 1 heterocycles. The van der Waals surface area contributed by atoms with Crippen molar-refractivity contribution in [2.24, 2.45) is 5.73 Å². The molecule has 66 valence electrons. The van der Waals surface area contributed by atoms with Crippen molar-refractivity contribution in [3.63, 3.8) is 0 Å². The Morgan fingerprint density at radius 3 is 2.00 bits per heavy atom. The van der Waals surface area contributed by atoms with Gasteiger partial charge in [-0.05, 0) is 32.9 Å². The molecule has 1 rings (SSSR count). The zero-order chi connectivity index (χ0) is 8.69. The Bertz CT molecular complexity index is 103. The molecule has 0 radical (unpaired) electrons. The van der Waals surface area contributed by atoms with Gasteiger partial charge in [0.25, 0.3) is 0 Å². The van der Waals surface area contributed by atoms with Crippen LogP contribution in [0.2, 0.25) is 0 Å². The van der Waals surface area contributed by atoms with E-state index in [-0.39, 0.29) is 0 Å². The second kappa shape index (κ2) is 6.12. The van der Waals surface area contributed by atoms with E-state index in [1.165, 1.54) is 32.9 Å². The lowest BCUT2D eigenvalue weighted by atomic mass is 10.4. The van der Waals surface area contributed by atoms with E-state index in [9.17, 15) is 4.79 Å². The lowest BCUT2D eigenvalue weighted by Gasteiger charge is -1.90. The smallest absolute Gasteiger partial charge is 0.245 e. The number of amides is 1. The Kier molecular flexibility index (Phi) is 5.78. The molecular weight excluding hydrogens is 144 g/mol. The minimum atomic E-state index is -1.01. The van der Waals surface area contributed by atoms with Gasteiger partial charge >= 0.3 is 0 Å². The summed E-state index contributed by atoms with van der Waals surface area (Å²) < 4.78 is 0. The zero-order valence-electron chi connectivity index (χ0n) is 6.84. The Morgan fingerprint density at radius 1 is 1.55 bits per heavy atom. The van der Waals surface area contributed by atoms with Crippen LogP contribution in [0.5, 0.6) is 0 Å². The van der Waals surface area contributed by atoms with Crippen LogP contribution in [-0.4, -0.2) is 30.2 Å². The van der Waals surface area contributed by atoms with Crippen molar-refractivity contribution >= 4 is 5.91 Å². The maximum atomic E-state index is 9.67. The SMILES string of the molecule is C1CCNC1.C[C@@H](O)C(N)=O. The van der Waals surface area contributed by atoms with Crippen molar-refractivity contribution in [3.05, 3.63) is 0 Å². The van der Waals surface area contributed by atoms with Crippen molar-refractivity contribution in [2.75, 3.05) is 13.1 Å². The van der Waals surface area contributed by atoms with Gasteiger partial charge in [0, 0.05) is 0 Å². The highest BCUT2D eigenvalue weighted by molar-refractivity contribution is 5.77. The first-order valence-electron chi connectivity index (χ1n) is 3.82. The number of aliphatic hydroxyl groups excluding tert-OH is 1. The van der Waals surface area contributed by atoms with Gasteiger partial charge in [-0.25, -0.2) is 0 Å². The number of primary amides is 1. The van der Waals surface area contributed by atoms with Crippen LogP contribution in [0.1, 0.15) is 19.8 Å². The summed E-state index contributed by atoms with van der Waals surface area (Å²) in [5.74, 6) is -0.685. The van der Waals surface area contributed by atoms with E-state index in [0.29, 0.717) is 0 Å². The van der Waals surface area contributed by atoms with Crippen LogP contribution >= 0.6 is 0 Å². The average Bonchev–Trinajstić information content (AvgIpc) is 2.41. The predicted molar refractivity (Wildman–Crippen MR) is 43.0 cm³/mol. The van der Waals surface area contributed by atoms with Crippen molar-refractivity contribution in [1.82, 2.24) is 5.32 Å². The van der Waals surface area contributed by atoms with Crippen LogP contribution in [0.15, 0.2) is 0 Å². The van der Waals surface area contributed by atoms with E-state index in [0.717, 1.165) is 0 Å². The Morgan fingerprint density at radius 2 is 1.91 bits per heavy atom. The Balaban J connectivity index is 0.000000183. The molecule has 0 bridgehead atoms. The van der Waals surface area contributed by atoms with Gasteiger partial charge in [0.1, 0.15) is 6.10 Å². The van der Waals surface area contributed by atoms with Crippen molar-refractivity contribution in [2.45, 2.75) is 25.9 Å². The number of hydrogen-bond acceptors (Lipinski definition) is 3. The highest BCUT2D eigenvalue weighted by Crippen LogP contribution is 1.90. The fraction of sp³-hybridized carbons (Fsp3) is 0.857. The highest BCUT2D eigenvalue weighted by Gasteiger charge is 1.98. The molecule has 0 unspecified atom stereocenters. The molecule has 1 atom stereocenters. The average molecular weight is 160 g/mol. The van der Waals surface area contributed by atoms with Crippen molar-refractivity contribution in [3.8, 4) is 0 Å². The van der Waals surface area contributed by atoms with Gasteiger partial charge in [-0.1, -0.05) is 0 Å². The lowest BCUT2D eigenvalue weighted by Crippen LogP contribution is -2.24. The summed E-state index contributed by atoms with van der Waals surface area (Å²) in [6, 6.07) is 0. The predicted octanol–water partition coefficient (Wildman–Crippen LogP) is -0.778. The summed E-state index contributed by atoms with van der Waals surface area (Å²) in [5.41, 5.74) is 4.55. The number of carbonyl (C=O) groups is 1. The van der Waals surface area contributed by atoms with E-state index in [4.69, 9.17) is 5.11 Å². The van der Waals surface area contributed by atoms with E-state index in [1.54, 1.807) is 0 Å². The largest absolute Gasteiger partial charge is 0.384 e. The maximum absolute atomic E-state index is 9.67. The van der Waals surface area contributed by atoms with Gasteiger partial charge < -0.3 is 16.2 Å². The van der Waals surface area contributed by atoms with Crippen LogP contribution in [0.4, 0.5) is 0 Å². The number of nitrogens with one attached hydrogen (secondary N) is 1. The molecule has 11 heavy (non-hydrogen) atoms. The number of rotatable bonds is 1. The van der Waals surface area contributed by atoms with E-state index in [1.807, 2.05) is 0 Å². The standard InChI is InChI=1S/C4H9N.C3H7NO2/c1-2-4-5-3-1;1-2(5)3(4)6/h5H,1-4H2;2,5H,1H3,(H2,4,6)/t;2-/m.1/s1. The van der Waals surface area contributed by atoms with E-state index >= 15 is 0 Å². The summed E-state index contributed by atoms with van der Waals surface area (Å²) in [6.45, 7) is 3.82. The first kappa shape index (κ1) is 10.4. The van der Waals surface area contributed by atoms with E-state index < -0.39 is 12.0 Å². The molecule has 0 aromatic heterocycles. The number of aliphatic hydroxyl groups is 1. The van der Waals surface area contributed by atoms with Crippen LogP contribution in [0.25, 0.3) is 0 Å². The molecule has 0 aromatic carbocycles. The summed E-state index contributed by atoms with van der Waals surface area (Å²) in [7, 11) is 0. The molecule has 1 aliphatic rings. The molecule has 4 nitrogen and oxygen atoms in total. The monoisotopic (exact) mass is 160 g/mol. The molecule has 0 aromatic rings. The molecule has 1 aliphatic heterocycles. The third-order valence-electron chi connectivity index (χ3n) is 1.37. The maximum Gasteiger partial charge on any atom is 0.245 e. The normalized spacial score (nSPS) is 18.4. The highest BCUT2D eigenvalue weighted by atomic mass is 16.3. The van der Waals surface area contributed by atoms with Gasteiger partial charge in [-0.15, -0.1) is 0 Å². The van der Waals surface area contributed by atoms with Gasteiger partial charge in [-0.2, -0.15) is 0 Å². The molecule has 0 saturated carbocycles. The van der Waals surface area contributed by atoms with Gasteiger partial charge in [0.2, 0.25) is 5.91 Å². The van der Waals surface area contributed by atoms with Gasteiger partial charge in [0.05, 0.1) is 0 Å². The molecule has 0 aliphatic carbocycles. The lowest BCUT2D eigenvalue weighted by molar-refractivity contribution is -0.125. The molecule has 0 spiro atoms. The molecule has 1 saturated heterocycles. The fourth-order valence-electron chi connectivity index (χ4n) is 0.625. The Hall–Kier alpha value is -0.610. The van der Waals surface area contributed by atoms with Crippen LogP contribution in [-0.2, 0) is 4.79 Å². The van der Waals surface area contributed by atoms with Crippen molar-refractivity contribution < 1.29 is 9.90 Å². The summed E-state index contributed by atoms with van der Waals surface area (Å²) in [6.07, 6.45) is 1.77.